The van der Waals surface area contributed by atoms with Gasteiger partial charge in [0.2, 0.25) is 12.7 Å². The molecule has 6 rings (SSSR count). The minimum Gasteiger partial charge on any atom is -0.507 e. The molecular weight excluding hydrogens is 536 g/mol. The van der Waals surface area contributed by atoms with Crippen LogP contribution in [0.15, 0.2) is 30.3 Å². The number of fused-ring (bicyclic) bond motifs is 4. The van der Waals surface area contributed by atoms with Gasteiger partial charge in [-0.05, 0) is 43.3 Å². The molecule has 2 aromatic carbocycles. The van der Waals surface area contributed by atoms with Crippen molar-refractivity contribution in [1.29, 1.82) is 0 Å². The summed E-state index contributed by atoms with van der Waals surface area (Å²) in [6.07, 6.45) is -1.68. The van der Waals surface area contributed by atoms with Crippen molar-refractivity contribution in [1.82, 2.24) is 4.90 Å². The van der Waals surface area contributed by atoms with Crippen LogP contribution in [0.25, 0.3) is 11.1 Å². The zero-order valence-electron chi connectivity index (χ0n) is 22.4. The molecule has 41 heavy (non-hydrogen) atoms. The average Bonchev–Trinajstić information content (AvgIpc) is 3.38. The minimum atomic E-state index is -3.04. The topological polar surface area (TPSA) is 194 Å². The molecule has 12 nitrogen and oxygen atoms in total. The van der Waals surface area contributed by atoms with Gasteiger partial charge in [-0.2, -0.15) is 0 Å². The van der Waals surface area contributed by atoms with Crippen molar-refractivity contribution >= 4 is 29.0 Å². The number of rotatable bonds is 3. The summed E-state index contributed by atoms with van der Waals surface area (Å²) >= 11 is 0. The number of primary amides is 1. The van der Waals surface area contributed by atoms with E-state index in [1.165, 1.54) is 19.0 Å². The van der Waals surface area contributed by atoms with Gasteiger partial charge in [0.25, 0.3) is 0 Å². The van der Waals surface area contributed by atoms with Crippen LogP contribution in [0.2, 0.25) is 0 Å². The minimum absolute atomic E-state index is 0.0397. The van der Waals surface area contributed by atoms with Gasteiger partial charge in [-0.3, -0.25) is 28.9 Å². The van der Waals surface area contributed by atoms with Crippen LogP contribution in [0.4, 0.5) is 0 Å². The molecule has 0 spiro atoms. The Balaban J connectivity index is 1.50. The highest BCUT2D eigenvalue weighted by molar-refractivity contribution is 6.32. The van der Waals surface area contributed by atoms with Gasteiger partial charge in [-0.1, -0.05) is 25.1 Å². The molecule has 2 unspecified atom stereocenters. The van der Waals surface area contributed by atoms with Crippen LogP contribution in [0, 0.1) is 23.7 Å². The van der Waals surface area contributed by atoms with E-state index in [9.17, 15) is 39.3 Å². The molecule has 5 N–H and O–H groups in total. The first-order valence-electron chi connectivity index (χ1n) is 13.1. The van der Waals surface area contributed by atoms with Crippen molar-refractivity contribution in [3.63, 3.8) is 0 Å². The SMILES string of the molecule is C[C@@H]1c2ccc(-c3ccc4c(c3)OCO4)c(O)c2C(=O)C2C(=O)[C@@]3(O)C(=O)C(C(N)=O)C(=O)[C@H](N(C)C)[C@H]3[C@H](O)[C@H]21. The number of phenols is 1. The number of aliphatic hydroxyl groups excluding tert-OH is 1. The third-order valence-corrected chi connectivity index (χ3v) is 9.17. The number of likely N-dealkylation sites (N-methyl/N-ethyl adjacent to an activating group) is 1. The second-order valence-electron chi connectivity index (χ2n) is 11.4. The molecule has 2 aromatic rings. The number of phenolic OH excluding ortho intramolecular Hbond substituents is 1. The predicted octanol–water partition coefficient (Wildman–Crippen LogP) is -0.205. The van der Waals surface area contributed by atoms with Crippen molar-refractivity contribution in [2.24, 2.45) is 29.4 Å². The van der Waals surface area contributed by atoms with Crippen molar-refractivity contribution in [3.8, 4) is 28.4 Å². The monoisotopic (exact) mass is 564 g/mol. The molecule has 0 radical (unpaired) electrons. The number of hydrogen-bond acceptors (Lipinski definition) is 11. The highest BCUT2D eigenvalue weighted by Crippen LogP contribution is 2.55. The van der Waals surface area contributed by atoms with Gasteiger partial charge < -0.3 is 30.5 Å². The highest BCUT2D eigenvalue weighted by Gasteiger charge is 2.72. The van der Waals surface area contributed by atoms with E-state index in [1.54, 1.807) is 37.3 Å². The van der Waals surface area contributed by atoms with E-state index in [2.05, 4.69) is 0 Å². The lowest BCUT2D eigenvalue weighted by molar-refractivity contribution is -0.196. The number of carbonyl (C=O) groups excluding carboxylic acids is 5. The normalized spacial score (nSPS) is 33.9. The molecular formula is C29H28N2O10. The number of nitrogens with two attached hydrogens (primary N) is 1. The largest absolute Gasteiger partial charge is 0.507 e. The quantitative estimate of drug-likeness (QED) is 0.361. The first-order valence-corrected chi connectivity index (χ1v) is 13.1. The van der Waals surface area contributed by atoms with Crippen LogP contribution in [-0.4, -0.2) is 87.9 Å². The van der Waals surface area contributed by atoms with Crippen molar-refractivity contribution in [2.75, 3.05) is 20.9 Å². The number of Topliss-reactive ketones (excluding diaryl/α,β-unsaturated/α-hetero) is 4. The third-order valence-electron chi connectivity index (χ3n) is 9.17. The Labute approximate surface area is 233 Å². The van der Waals surface area contributed by atoms with Crippen LogP contribution in [0.5, 0.6) is 17.2 Å². The molecule has 4 aliphatic rings. The fourth-order valence-corrected chi connectivity index (χ4v) is 7.29. The van der Waals surface area contributed by atoms with Gasteiger partial charge in [-0.15, -0.1) is 0 Å². The Hall–Kier alpha value is -4.13. The van der Waals surface area contributed by atoms with Crippen LogP contribution in [-0.2, 0) is 19.2 Å². The summed E-state index contributed by atoms with van der Waals surface area (Å²) in [7, 11) is 2.89. The second kappa shape index (κ2) is 8.93. The smallest absolute Gasteiger partial charge is 0.235 e. The average molecular weight is 565 g/mol. The Morgan fingerprint density at radius 1 is 1.05 bits per heavy atom. The van der Waals surface area contributed by atoms with E-state index in [0.29, 0.717) is 22.6 Å². The van der Waals surface area contributed by atoms with E-state index in [1.807, 2.05) is 0 Å². The lowest BCUT2D eigenvalue weighted by Gasteiger charge is -2.56. The summed E-state index contributed by atoms with van der Waals surface area (Å²) in [6, 6.07) is 6.77. The zero-order chi connectivity index (χ0) is 29.7. The van der Waals surface area contributed by atoms with Crippen LogP contribution < -0.4 is 15.2 Å². The van der Waals surface area contributed by atoms with Gasteiger partial charge >= 0.3 is 0 Å². The summed E-state index contributed by atoms with van der Waals surface area (Å²) in [6.45, 7) is 1.70. The number of ketones is 4. The van der Waals surface area contributed by atoms with Gasteiger partial charge in [0.1, 0.15) is 5.75 Å². The molecule has 2 saturated carbocycles. The molecule has 2 fully saturated rings. The van der Waals surface area contributed by atoms with Crippen LogP contribution in [0.3, 0.4) is 0 Å². The lowest BCUT2D eigenvalue weighted by Crippen LogP contribution is -2.77. The van der Waals surface area contributed by atoms with Crippen molar-refractivity contribution in [2.45, 2.75) is 30.6 Å². The number of carbonyl (C=O) groups is 5. The van der Waals surface area contributed by atoms with E-state index in [0.717, 1.165) is 0 Å². The molecule has 0 aromatic heterocycles. The number of ether oxygens (including phenoxy) is 2. The number of hydrogen-bond donors (Lipinski definition) is 4. The molecule has 12 heteroatoms. The van der Waals surface area contributed by atoms with Crippen LogP contribution in [0.1, 0.15) is 28.8 Å². The van der Waals surface area contributed by atoms with Gasteiger partial charge in [0.15, 0.2) is 46.2 Å². The highest BCUT2D eigenvalue weighted by atomic mass is 16.7. The van der Waals surface area contributed by atoms with E-state index < -0.39 is 82.1 Å². The molecule has 1 amide bonds. The predicted molar refractivity (Wildman–Crippen MR) is 139 cm³/mol. The Bertz CT molecular complexity index is 1570. The zero-order valence-corrected chi connectivity index (χ0v) is 22.4. The first kappa shape index (κ1) is 27.1. The van der Waals surface area contributed by atoms with Gasteiger partial charge in [0.05, 0.1) is 29.5 Å². The molecule has 8 atom stereocenters. The van der Waals surface area contributed by atoms with Crippen molar-refractivity contribution < 1.29 is 48.8 Å². The second-order valence-corrected chi connectivity index (χ2v) is 11.4. The maximum Gasteiger partial charge on any atom is 0.235 e. The van der Waals surface area contributed by atoms with Gasteiger partial charge in [-0.25, -0.2) is 0 Å². The molecule has 3 aliphatic carbocycles. The lowest BCUT2D eigenvalue weighted by atomic mass is 9.49. The molecule has 214 valence electrons. The Kier molecular flexibility index (Phi) is 5.90. The standard InChI is InChI=1S/C29H28N2O10/c1-10-12-5-6-13(11-4-7-14-15(8-11)41-9-40-14)22(32)17(12)23(33)18-16(10)24(34)20-21(31(2)3)25(35)19(28(30)38)27(37)29(20,39)26(18)36/h4-8,10,16,18-21,24,32,34,39H,9H2,1-3H3,(H2,30,38)/t10-,16+,18?,19?,20+,21-,24-,29-/m1/s1. The summed E-state index contributed by atoms with van der Waals surface area (Å²) in [5.41, 5.74) is 3.26. The fourth-order valence-electron chi connectivity index (χ4n) is 7.29. The Morgan fingerprint density at radius 2 is 1.73 bits per heavy atom. The number of benzene rings is 2. The molecule has 0 bridgehead atoms. The fraction of sp³-hybridized carbons (Fsp3) is 0.414. The van der Waals surface area contributed by atoms with Crippen molar-refractivity contribution in [3.05, 3.63) is 41.5 Å². The maximum atomic E-state index is 14.1. The summed E-state index contributed by atoms with van der Waals surface area (Å²) in [5.74, 6) is -12.7. The maximum absolute atomic E-state index is 14.1. The summed E-state index contributed by atoms with van der Waals surface area (Å²) < 4.78 is 10.7. The third kappa shape index (κ3) is 3.41. The van der Waals surface area contributed by atoms with Gasteiger partial charge in [0, 0.05) is 11.5 Å². The number of nitrogens with zero attached hydrogens (tertiary/aromatic N) is 1. The number of amides is 1. The summed E-state index contributed by atoms with van der Waals surface area (Å²) in [5, 5.41) is 34.8. The van der Waals surface area contributed by atoms with Crippen LogP contribution >= 0.6 is 0 Å². The first-order chi connectivity index (χ1) is 19.3. The number of aromatic hydroxyl groups is 1. The molecule has 1 heterocycles. The summed E-state index contributed by atoms with van der Waals surface area (Å²) in [4.78, 5) is 68.3. The van der Waals surface area contributed by atoms with E-state index >= 15 is 0 Å². The Morgan fingerprint density at radius 3 is 2.39 bits per heavy atom. The molecule has 1 aliphatic heterocycles. The molecule has 0 saturated heterocycles. The van der Waals surface area contributed by atoms with E-state index in [4.69, 9.17) is 15.2 Å². The number of aliphatic hydroxyl groups is 2. The van der Waals surface area contributed by atoms with E-state index in [-0.39, 0.29) is 17.9 Å².